The second-order valence-electron chi connectivity index (χ2n) is 5.62. The van der Waals surface area contributed by atoms with Gasteiger partial charge in [0.1, 0.15) is 11.5 Å². The Balaban J connectivity index is 2.02. The third-order valence-electron chi connectivity index (χ3n) is 3.88. The maximum Gasteiger partial charge on any atom is 0.283 e. The minimum absolute atomic E-state index is 0.00586. The fourth-order valence-corrected chi connectivity index (χ4v) is 2.65. The minimum Gasteiger partial charge on any atom is -0.269 e. The molecule has 1 N–H and O–H groups in total. The van der Waals surface area contributed by atoms with Gasteiger partial charge in [-0.15, -0.1) is 10.1 Å². The minimum atomic E-state index is -0.411. The van der Waals surface area contributed by atoms with E-state index in [2.05, 4.69) is 12.3 Å². The molecule has 118 valence electrons. The molecule has 6 heteroatoms. The Morgan fingerprint density at radius 1 is 1.36 bits per heavy atom. The average Bonchev–Trinajstić information content (AvgIpc) is 2.84. The standard InChI is InChI=1S/C16H21N3O3/c1-2-3-4-5-9-14-12-18(17-16(14)20)11-13-8-6-7-10-15(13)19(21)22/h6-8,10-11,14H,2-5,9,12H2,1H3/p+1/b18-11-/t14-/m0/s1. The highest BCUT2D eigenvalue weighted by Gasteiger charge is 2.34. The van der Waals surface area contributed by atoms with Gasteiger partial charge in [0.05, 0.1) is 4.92 Å². The van der Waals surface area contributed by atoms with Crippen molar-refractivity contribution in [1.29, 1.82) is 0 Å². The lowest BCUT2D eigenvalue weighted by Crippen LogP contribution is -2.25. The van der Waals surface area contributed by atoms with Crippen LogP contribution in [0.15, 0.2) is 24.3 Å². The Labute approximate surface area is 130 Å². The Morgan fingerprint density at radius 2 is 2.14 bits per heavy atom. The van der Waals surface area contributed by atoms with Crippen molar-refractivity contribution in [2.24, 2.45) is 5.92 Å². The molecule has 1 aliphatic rings. The normalized spacial score (nSPS) is 19.4. The van der Waals surface area contributed by atoms with Crippen molar-refractivity contribution in [2.45, 2.75) is 39.0 Å². The molecule has 1 fully saturated rings. The van der Waals surface area contributed by atoms with Gasteiger partial charge in [-0.1, -0.05) is 44.7 Å². The van der Waals surface area contributed by atoms with Crippen LogP contribution in [-0.4, -0.2) is 28.3 Å². The molecule has 0 unspecified atom stereocenters. The molecule has 1 aromatic carbocycles. The number of nitro benzene ring substituents is 1. The Hall–Kier alpha value is -2.24. The van der Waals surface area contributed by atoms with Crippen LogP contribution in [0.5, 0.6) is 0 Å². The lowest BCUT2D eigenvalue weighted by Gasteiger charge is -2.01. The number of nitrogens with zero attached hydrogens (tertiary/aromatic N) is 2. The van der Waals surface area contributed by atoms with E-state index in [9.17, 15) is 14.9 Å². The highest BCUT2D eigenvalue weighted by molar-refractivity contribution is 5.84. The fourth-order valence-electron chi connectivity index (χ4n) is 2.65. The van der Waals surface area contributed by atoms with Gasteiger partial charge >= 0.3 is 0 Å². The van der Waals surface area contributed by atoms with Gasteiger partial charge in [0, 0.05) is 6.07 Å². The third kappa shape index (κ3) is 4.13. The molecule has 0 saturated carbocycles. The number of para-hydroxylation sites is 1. The van der Waals surface area contributed by atoms with Crippen molar-refractivity contribution in [3.63, 3.8) is 0 Å². The molecule has 6 nitrogen and oxygen atoms in total. The summed E-state index contributed by atoms with van der Waals surface area (Å²) in [5, 5.41) is 11.0. The van der Waals surface area contributed by atoms with E-state index < -0.39 is 4.92 Å². The number of nitrogens with one attached hydrogen (secondary N) is 1. The summed E-state index contributed by atoms with van der Waals surface area (Å²) in [6.07, 6.45) is 7.07. The smallest absolute Gasteiger partial charge is 0.269 e. The van der Waals surface area contributed by atoms with Crippen LogP contribution in [0.25, 0.3) is 0 Å². The van der Waals surface area contributed by atoms with Crippen LogP contribution in [0.4, 0.5) is 5.69 Å². The number of rotatable bonds is 7. The molecule has 1 atom stereocenters. The highest BCUT2D eigenvalue weighted by Crippen LogP contribution is 2.18. The van der Waals surface area contributed by atoms with Gasteiger partial charge < -0.3 is 0 Å². The fraction of sp³-hybridized carbons (Fsp3) is 0.500. The number of benzene rings is 1. The average molecular weight is 304 g/mol. The quantitative estimate of drug-likeness (QED) is 0.364. The molecule has 0 spiro atoms. The van der Waals surface area contributed by atoms with Gasteiger partial charge in [0.15, 0.2) is 6.54 Å². The van der Waals surface area contributed by atoms with Gasteiger partial charge in [-0.3, -0.25) is 14.9 Å². The molecule has 0 bridgehead atoms. The van der Waals surface area contributed by atoms with Crippen LogP contribution in [0.2, 0.25) is 0 Å². The number of carbonyl (C=O) groups excluding carboxylic acids is 1. The van der Waals surface area contributed by atoms with Crippen LogP contribution in [-0.2, 0) is 4.79 Å². The summed E-state index contributed by atoms with van der Waals surface area (Å²) in [7, 11) is 0. The van der Waals surface area contributed by atoms with E-state index in [4.69, 9.17) is 0 Å². The third-order valence-corrected chi connectivity index (χ3v) is 3.88. The molecule has 0 aliphatic carbocycles. The van der Waals surface area contributed by atoms with Gasteiger partial charge in [0.2, 0.25) is 6.21 Å². The SMILES string of the molecule is CCCCCC[C@H]1C/[N+](=C/c2ccccc2[N+](=O)[O-])NC1=O. The first-order chi connectivity index (χ1) is 10.6. The summed E-state index contributed by atoms with van der Waals surface area (Å²) >= 11 is 0. The zero-order valence-electron chi connectivity index (χ0n) is 12.8. The van der Waals surface area contributed by atoms with Gasteiger partial charge in [0.25, 0.3) is 11.6 Å². The van der Waals surface area contributed by atoms with E-state index in [0.717, 1.165) is 19.3 Å². The van der Waals surface area contributed by atoms with Crippen molar-refractivity contribution < 1.29 is 14.4 Å². The first kappa shape index (κ1) is 16.1. The van der Waals surface area contributed by atoms with Crippen LogP contribution in [0, 0.1) is 16.0 Å². The number of carbonyl (C=O) groups is 1. The number of unbranched alkanes of at least 4 members (excludes halogenated alkanes) is 3. The topological polar surface area (TPSA) is 75.2 Å². The maximum absolute atomic E-state index is 12.0. The molecule has 2 rings (SSSR count). The largest absolute Gasteiger partial charge is 0.283 e. The van der Waals surface area contributed by atoms with E-state index in [-0.39, 0.29) is 17.5 Å². The van der Waals surface area contributed by atoms with Crippen LogP contribution >= 0.6 is 0 Å². The molecule has 1 aliphatic heterocycles. The summed E-state index contributed by atoms with van der Waals surface area (Å²) in [6, 6.07) is 6.53. The number of nitro groups is 1. The highest BCUT2D eigenvalue weighted by atomic mass is 16.6. The number of hydrogen-bond acceptors (Lipinski definition) is 3. The Morgan fingerprint density at radius 3 is 2.86 bits per heavy atom. The summed E-state index contributed by atoms with van der Waals surface area (Å²) in [4.78, 5) is 22.5. The Kier molecular flexibility index (Phi) is 5.63. The monoisotopic (exact) mass is 304 g/mol. The molecular formula is C16H22N3O3+. The second kappa shape index (κ2) is 7.68. The number of hydrazone groups is 1. The van der Waals surface area contributed by atoms with Crippen molar-refractivity contribution in [3.8, 4) is 0 Å². The molecule has 1 saturated heterocycles. The van der Waals surface area contributed by atoms with Crippen molar-refractivity contribution >= 4 is 17.8 Å². The van der Waals surface area contributed by atoms with E-state index in [1.165, 1.54) is 18.9 Å². The van der Waals surface area contributed by atoms with Crippen molar-refractivity contribution in [3.05, 3.63) is 39.9 Å². The van der Waals surface area contributed by atoms with E-state index in [1.54, 1.807) is 29.1 Å². The first-order valence-electron chi connectivity index (χ1n) is 7.77. The van der Waals surface area contributed by atoms with Crippen LogP contribution < -0.4 is 5.43 Å². The lowest BCUT2D eigenvalue weighted by atomic mass is 10.0. The van der Waals surface area contributed by atoms with Gasteiger partial charge in [-0.05, 0) is 12.5 Å². The molecular weight excluding hydrogens is 282 g/mol. The molecule has 1 amide bonds. The second-order valence-corrected chi connectivity index (χ2v) is 5.62. The van der Waals surface area contributed by atoms with Gasteiger partial charge in [-0.2, -0.15) is 0 Å². The first-order valence-corrected chi connectivity index (χ1v) is 7.77. The molecule has 0 aromatic heterocycles. The summed E-state index contributed by atoms with van der Waals surface area (Å²) in [5.74, 6) is -0.0257. The van der Waals surface area contributed by atoms with Crippen molar-refractivity contribution in [1.82, 2.24) is 5.43 Å². The van der Waals surface area contributed by atoms with Crippen LogP contribution in [0.1, 0.15) is 44.6 Å². The summed E-state index contributed by atoms with van der Waals surface area (Å²) in [6.45, 7) is 2.72. The van der Waals surface area contributed by atoms with Gasteiger partial charge in [-0.25, -0.2) is 0 Å². The molecule has 1 heterocycles. The van der Waals surface area contributed by atoms with E-state index in [0.29, 0.717) is 12.1 Å². The zero-order valence-corrected chi connectivity index (χ0v) is 12.8. The predicted octanol–water partition coefficient (Wildman–Crippen LogP) is 2.66. The maximum atomic E-state index is 12.0. The summed E-state index contributed by atoms with van der Waals surface area (Å²) in [5.41, 5.74) is 3.32. The Bertz CT molecular complexity index is 584. The summed E-state index contributed by atoms with van der Waals surface area (Å²) < 4.78 is 1.66. The van der Waals surface area contributed by atoms with E-state index in [1.807, 2.05) is 0 Å². The van der Waals surface area contributed by atoms with E-state index >= 15 is 0 Å². The molecule has 0 radical (unpaired) electrons. The predicted molar refractivity (Wildman–Crippen MR) is 83.8 cm³/mol. The van der Waals surface area contributed by atoms with Crippen LogP contribution in [0.3, 0.4) is 0 Å². The number of hydrazine groups is 1. The number of amides is 1. The molecule has 22 heavy (non-hydrogen) atoms. The molecule has 1 aromatic rings. The zero-order chi connectivity index (χ0) is 15.9. The van der Waals surface area contributed by atoms with Crippen molar-refractivity contribution in [2.75, 3.05) is 6.54 Å². The number of hydrogen-bond donors (Lipinski definition) is 1. The lowest BCUT2D eigenvalue weighted by molar-refractivity contribution is -0.556.